The summed E-state index contributed by atoms with van der Waals surface area (Å²) in [5.41, 5.74) is 0.557. The van der Waals surface area contributed by atoms with Crippen LogP contribution >= 0.6 is 0 Å². The number of halogens is 1. The molecule has 0 spiro atoms. The summed E-state index contributed by atoms with van der Waals surface area (Å²) in [7, 11) is -1.69. The molecule has 4 N–H and O–H groups in total. The second-order valence-corrected chi connectivity index (χ2v) is 5.40. The molecule has 2 aromatic carbocycles. The maximum Gasteiger partial charge on any atom is 0.472 e. The molecule has 6 nitrogen and oxygen atoms in total. The Labute approximate surface area is 144 Å². The van der Waals surface area contributed by atoms with E-state index in [9.17, 15) is 14.0 Å². The largest absolute Gasteiger partial charge is 0.472 e. The van der Waals surface area contributed by atoms with Gasteiger partial charge in [0.15, 0.2) is 0 Å². The Hall–Kier alpha value is -2.71. The van der Waals surface area contributed by atoms with E-state index in [4.69, 9.17) is 10.0 Å². The van der Waals surface area contributed by atoms with E-state index in [0.29, 0.717) is 5.56 Å². The Morgan fingerprint density at radius 3 is 2.32 bits per heavy atom. The van der Waals surface area contributed by atoms with E-state index in [-0.39, 0.29) is 18.4 Å². The molecule has 25 heavy (non-hydrogen) atoms. The zero-order valence-corrected chi connectivity index (χ0v) is 13.4. The quantitative estimate of drug-likeness (QED) is 0.559. The second-order valence-electron chi connectivity index (χ2n) is 5.40. The standard InChI is InChI=1S/C17H18BFN2O4/c19-14-9-5-4-8-13(14)15(10-16(22)20-11-18(24)25)21-17(23)12-6-2-1-3-7-12/h1-9,15,24-25H,10-11H2,(H,20,22)(H,21,23). The minimum absolute atomic E-state index is 0.173. The monoisotopic (exact) mass is 344 g/mol. The number of rotatable bonds is 7. The maximum atomic E-state index is 14.1. The van der Waals surface area contributed by atoms with E-state index in [1.54, 1.807) is 36.4 Å². The molecule has 0 aromatic heterocycles. The van der Waals surface area contributed by atoms with Crippen LogP contribution in [0.15, 0.2) is 54.6 Å². The molecule has 0 saturated heterocycles. The highest BCUT2D eigenvalue weighted by atomic mass is 19.1. The van der Waals surface area contributed by atoms with Gasteiger partial charge in [-0.25, -0.2) is 4.39 Å². The van der Waals surface area contributed by atoms with Gasteiger partial charge in [0.1, 0.15) is 5.82 Å². The normalized spacial score (nSPS) is 11.5. The molecule has 0 aliphatic rings. The van der Waals surface area contributed by atoms with Gasteiger partial charge >= 0.3 is 7.12 Å². The first-order chi connectivity index (χ1) is 12.0. The molecule has 0 bridgehead atoms. The van der Waals surface area contributed by atoms with Gasteiger partial charge in [-0.1, -0.05) is 36.4 Å². The first-order valence-electron chi connectivity index (χ1n) is 7.70. The van der Waals surface area contributed by atoms with Gasteiger partial charge in [-0.2, -0.15) is 0 Å². The Morgan fingerprint density at radius 1 is 1.04 bits per heavy atom. The predicted octanol–water partition coefficient (Wildman–Crippen LogP) is 0.815. The summed E-state index contributed by atoms with van der Waals surface area (Å²) in [6.45, 7) is 0. The number of carbonyl (C=O) groups is 2. The van der Waals surface area contributed by atoms with Crippen LogP contribution in [0.2, 0.25) is 0 Å². The van der Waals surface area contributed by atoms with Crippen molar-refractivity contribution < 1.29 is 24.0 Å². The molecule has 0 aliphatic carbocycles. The molecular formula is C17H18BFN2O4. The summed E-state index contributed by atoms with van der Waals surface area (Å²) in [4.78, 5) is 24.3. The smallest absolute Gasteiger partial charge is 0.426 e. The minimum atomic E-state index is -1.69. The second kappa shape index (κ2) is 8.96. The van der Waals surface area contributed by atoms with E-state index in [0.717, 1.165) is 0 Å². The topological polar surface area (TPSA) is 98.7 Å². The Bertz CT molecular complexity index is 728. The van der Waals surface area contributed by atoms with E-state index in [1.807, 2.05) is 0 Å². The lowest BCUT2D eigenvalue weighted by Gasteiger charge is -2.19. The number of nitrogens with one attached hydrogen (secondary N) is 2. The van der Waals surface area contributed by atoms with Crippen LogP contribution in [-0.2, 0) is 4.79 Å². The first-order valence-corrected chi connectivity index (χ1v) is 7.70. The third kappa shape index (κ3) is 5.70. The van der Waals surface area contributed by atoms with Gasteiger partial charge in [-0.05, 0) is 18.2 Å². The highest BCUT2D eigenvalue weighted by Crippen LogP contribution is 2.20. The molecule has 0 aliphatic heterocycles. The van der Waals surface area contributed by atoms with Crippen molar-refractivity contribution in [3.63, 3.8) is 0 Å². The zero-order valence-electron chi connectivity index (χ0n) is 13.4. The highest BCUT2D eigenvalue weighted by molar-refractivity contribution is 6.41. The minimum Gasteiger partial charge on any atom is -0.426 e. The molecule has 0 radical (unpaired) electrons. The van der Waals surface area contributed by atoms with E-state index in [1.165, 1.54) is 18.2 Å². The van der Waals surface area contributed by atoms with Gasteiger partial charge < -0.3 is 20.7 Å². The molecule has 2 rings (SSSR count). The van der Waals surface area contributed by atoms with Crippen LogP contribution in [0.1, 0.15) is 28.4 Å². The average molecular weight is 344 g/mol. The summed E-state index contributed by atoms with van der Waals surface area (Å²) in [5.74, 6) is -1.53. The molecule has 8 heteroatoms. The van der Waals surface area contributed by atoms with Gasteiger partial charge in [0, 0.05) is 11.1 Å². The lowest BCUT2D eigenvalue weighted by atomic mass is 9.92. The maximum absolute atomic E-state index is 14.1. The van der Waals surface area contributed by atoms with Crippen LogP contribution in [-0.4, -0.2) is 35.4 Å². The summed E-state index contributed by atoms with van der Waals surface area (Å²) < 4.78 is 14.1. The molecule has 130 valence electrons. The molecule has 1 unspecified atom stereocenters. The number of carbonyl (C=O) groups excluding carboxylic acids is 2. The molecule has 2 amide bonds. The van der Waals surface area contributed by atoms with Gasteiger partial charge in [0.25, 0.3) is 5.91 Å². The van der Waals surface area contributed by atoms with Crippen LogP contribution in [0.4, 0.5) is 4.39 Å². The van der Waals surface area contributed by atoms with E-state index in [2.05, 4.69) is 10.6 Å². The number of hydrogen-bond donors (Lipinski definition) is 4. The lowest BCUT2D eigenvalue weighted by Crippen LogP contribution is -2.38. The fourth-order valence-corrected chi connectivity index (χ4v) is 2.29. The highest BCUT2D eigenvalue weighted by Gasteiger charge is 2.22. The first kappa shape index (κ1) is 18.6. The number of hydrogen-bond acceptors (Lipinski definition) is 4. The molecule has 0 heterocycles. The van der Waals surface area contributed by atoms with Crippen molar-refractivity contribution in [3.05, 3.63) is 71.5 Å². The van der Waals surface area contributed by atoms with Crippen LogP contribution in [0.5, 0.6) is 0 Å². The summed E-state index contributed by atoms with van der Waals surface area (Å²) in [5, 5.41) is 22.5. The molecule has 0 fully saturated rings. The van der Waals surface area contributed by atoms with Gasteiger partial charge in [0.2, 0.25) is 5.91 Å². The van der Waals surface area contributed by atoms with Crippen LogP contribution in [0, 0.1) is 5.82 Å². The van der Waals surface area contributed by atoms with Crippen LogP contribution in [0.25, 0.3) is 0 Å². The fourth-order valence-electron chi connectivity index (χ4n) is 2.29. The summed E-state index contributed by atoms with van der Waals surface area (Å²) in [6, 6.07) is 13.3. The Kier molecular flexibility index (Phi) is 6.67. The van der Waals surface area contributed by atoms with Crippen molar-refractivity contribution in [2.24, 2.45) is 0 Å². The van der Waals surface area contributed by atoms with Crippen molar-refractivity contribution in [1.29, 1.82) is 0 Å². The molecule has 0 saturated carbocycles. The average Bonchev–Trinajstić information content (AvgIpc) is 2.60. The van der Waals surface area contributed by atoms with E-state index >= 15 is 0 Å². The fraction of sp³-hybridized carbons (Fsp3) is 0.176. The van der Waals surface area contributed by atoms with Crippen LogP contribution < -0.4 is 10.6 Å². The molecule has 1 atom stereocenters. The van der Waals surface area contributed by atoms with Gasteiger partial charge in [-0.15, -0.1) is 0 Å². The Balaban J connectivity index is 2.16. The Morgan fingerprint density at radius 2 is 1.68 bits per heavy atom. The SMILES string of the molecule is O=C(CC(NC(=O)c1ccccc1)c1ccccc1F)NCB(O)O. The van der Waals surface area contributed by atoms with Crippen molar-refractivity contribution in [3.8, 4) is 0 Å². The van der Waals surface area contributed by atoms with Crippen molar-refractivity contribution in [2.45, 2.75) is 12.5 Å². The molecule has 2 aromatic rings. The summed E-state index contributed by atoms with van der Waals surface area (Å²) in [6.07, 6.45) is -0.596. The molecular weight excluding hydrogens is 326 g/mol. The number of amides is 2. The zero-order chi connectivity index (χ0) is 18.2. The van der Waals surface area contributed by atoms with Gasteiger partial charge in [-0.3, -0.25) is 9.59 Å². The van der Waals surface area contributed by atoms with Crippen molar-refractivity contribution in [2.75, 3.05) is 6.44 Å². The number of benzene rings is 2. The predicted molar refractivity (Wildman–Crippen MR) is 90.9 cm³/mol. The van der Waals surface area contributed by atoms with Crippen LogP contribution in [0.3, 0.4) is 0 Å². The van der Waals surface area contributed by atoms with E-state index < -0.39 is 30.8 Å². The summed E-state index contributed by atoms with van der Waals surface area (Å²) >= 11 is 0. The van der Waals surface area contributed by atoms with Crippen molar-refractivity contribution in [1.82, 2.24) is 10.6 Å². The third-order valence-corrected chi connectivity index (χ3v) is 3.49. The van der Waals surface area contributed by atoms with Crippen molar-refractivity contribution >= 4 is 18.9 Å². The lowest BCUT2D eigenvalue weighted by molar-refractivity contribution is -0.121. The van der Waals surface area contributed by atoms with Gasteiger partial charge in [0.05, 0.1) is 18.9 Å². The third-order valence-electron chi connectivity index (χ3n) is 3.49.